The van der Waals surface area contributed by atoms with Gasteiger partial charge in [0.1, 0.15) is 12.6 Å². The number of nitrogens with two attached hydrogens (primary N) is 1. The standard InChI is InChI=1S/C19H26N4O5/c1-12(24)11-28-16-7-9-23(10-8-16)19(26)13(2)21-18(25)15-5-3-14(4-6-15)17(20)22-27/h3-6,13,16,27H,7-11H2,1-2H3,(H2,20,22)(H,21,25). The topological polar surface area (TPSA) is 134 Å². The number of nitrogens with one attached hydrogen (secondary N) is 1. The summed E-state index contributed by atoms with van der Waals surface area (Å²) in [6.45, 7) is 4.26. The highest BCUT2D eigenvalue weighted by Crippen LogP contribution is 2.15. The molecule has 2 rings (SSSR count). The monoisotopic (exact) mass is 390 g/mol. The minimum Gasteiger partial charge on any atom is -0.409 e. The largest absolute Gasteiger partial charge is 0.409 e. The Kier molecular flexibility index (Phi) is 7.51. The Labute approximate surface area is 163 Å². The Morgan fingerprint density at radius 3 is 2.36 bits per heavy atom. The van der Waals surface area contributed by atoms with Gasteiger partial charge in [-0.1, -0.05) is 17.3 Å². The summed E-state index contributed by atoms with van der Waals surface area (Å²) in [5, 5.41) is 14.3. The van der Waals surface area contributed by atoms with Gasteiger partial charge in [-0.25, -0.2) is 0 Å². The molecule has 0 bridgehead atoms. The maximum atomic E-state index is 12.6. The molecule has 0 saturated carbocycles. The van der Waals surface area contributed by atoms with Crippen LogP contribution in [0.15, 0.2) is 29.4 Å². The van der Waals surface area contributed by atoms with E-state index in [1.807, 2.05) is 0 Å². The zero-order valence-corrected chi connectivity index (χ0v) is 16.1. The Hall–Kier alpha value is -2.94. The van der Waals surface area contributed by atoms with Gasteiger partial charge in [-0.3, -0.25) is 14.4 Å². The molecule has 1 atom stereocenters. The van der Waals surface area contributed by atoms with Crippen molar-refractivity contribution in [3.05, 3.63) is 35.4 Å². The predicted molar refractivity (Wildman–Crippen MR) is 102 cm³/mol. The number of hydrogen-bond donors (Lipinski definition) is 3. The van der Waals surface area contributed by atoms with Gasteiger partial charge < -0.3 is 25.9 Å². The summed E-state index contributed by atoms with van der Waals surface area (Å²) < 4.78 is 5.50. The number of benzene rings is 1. The molecule has 1 saturated heterocycles. The van der Waals surface area contributed by atoms with Crippen molar-refractivity contribution in [1.29, 1.82) is 0 Å². The third kappa shape index (κ3) is 5.78. The molecule has 1 aliphatic heterocycles. The van der Waals surface area contributed by atoms with Crippen LogP contribution in [0.3, 0.4) is 0 Å². The first kappa shape index (κ1) is 21.4. The van der Waals surface area contributed by atoms with Crippen molar-refractivity contribution in [3.63, 3.8) is 0 Å². The molecule has 1 aromatic rings. The number of oxime groups is 1. The Morgan fingerprint density at radius 1 is 1.25 bits per heavy atom. The number of ketones is 1. The van der Waals surface area contributed by atoms with E-state index in [-0.39, 0.29) is 36.1 Å². The third-order valence-electron chi connectivity index (χ3n) is 4.54. The summed E-state index contributed by atoms with van der Waals surface area (Å²) in [7, 11) is 0. The molecule has 1 unspecified atom stereocenters. The quantitative estimate of drug-likeness (QED) is 0.269. The molecule has 1 heterocycles. The van der Waals surface area contributed by atoms with Gasteiger partial charge >= 0.3 is 0 Å². The SMILES string of the molecule is CC(=O)COC1CCN(C(=O)C(C)NC(=O)c2ccc(/C(N)=N/O)cc2)CC1. The van der Waals surface area contributed by atoms with Crippen molar-refractivity contribution < 1.29 is 24.3 Å². The number of hydrogen-bond acceptors (Lipinski definition) is 6. The van der Waals surface area contributed by atoms with E-state index < -0.39 is 6.04 Å². The van der Waals surface area contributed by atoms with E-state index in [0.717, 1.165) is 0 Å². The lowest BCUT2D eigenvalue weighted by Crippen LogP contribution is -2.50. The van der Waals surface area contributed by atoms with Crippen LogP contribution >= 0.6 is 0 Å². The molecule has 2 amide bonds. The maximum Gasteiger partial charge on any atom is 0.251 e. The van der Waals surface area contributed by atoms with Gasteiger partial charge in [0, 0.05) is 24.2 Å². The molecule has 0 aliphatic carbocycles. The summed E-state index contributed by atoms with van der Waals surface area (Å²) in [4.78, 5) is 37.6. The first-order chi connectivity index (χ1) is 13.3. The summed E-state index contributed by atoms with van der Waals surface area (Å²) in [5.74, 6) is -0.612. The van der Waals surface area contributed by atoms with Gasteiger partial charge in [0.25, 0.3) is 5.91 Å². The Morgan fingerprint density at radius 2 is 1.82 bits per heavy atom. The molecule has 0 spiro atoms. The van der Waals surface area contributed by atoms with Gasteiger partial charge in [0.05, 0.1) is 6.10 Å². The van der Waals surface area contributed by atoms with Crippen LogP contribution in [0.2, 0.25) is 0 Å². The van der Waals surface area contributed by atoms with Crippen molar-refractivity contribution in [3.8, 4) is 0 Å². The molecule has 0 aromatic heterocycles. The normalized spacial score (nSPS) is 16.5. The van der Waals surface area contributed by atoms with E-state index >= 15 is 0 Å². The number of amidine groups is 1. The number of ether oxygens (including phenoxy) is 1. The fourth-order valence-electron chi connectivity index (χ4n) is 2.94. The van der Waals surface area contributed by atoms with Crippen molar-refractivity contribution >= 4 is 23.4 Å². The zero-order valence-electron chi connectivity index (χ0n) is 16.1. The van der Waals surface area contributed by atoms with Crippen LogP contribution in [-0.2, 0) is 14.3 Å². The molecule has 1 fully saturated rings. The fraction of sp³-hybridized carbons (Fsp3) is 0.474. The summed E-state index contributed by atoms with van der Waals surface area (Å²) in [6.07, 6.45) is 1.30. The van der Waals surface area contributed by atoms with Gasteiger partial charge in [-0.2, -0.15) is 0 Å². The summed E-state index contributed by atoms with van der Waals surface area (Å²) in [6, 6.07) is 5.52. The predicted octanol–water partition coefficient (Wildman–Crippen LogP) is 0.496. The highest BCUT2D eigenvalue weighted by Gasteiger charge is 2.27. The number of rotatable bonds is 7. The molecular weight excluding hydrogens is 364 g/mol. The molecular formula is C19H26N4O5. The average molecular weight is 390 g/mol. The van der Waals surface area contributed by atoms with Gasteiger partial charge in [0.15, 0.2) is 11.6 Å². The number of carbonyl (C=O) groups is 3. The Bertz CT molecular complexity index is 739. The number of piperidine rings is 1. The van der Waals surface area contributed by atoms with Gasteiger partial charge in [-0.05, 0) is 38.8 Å². The van der Waals surface area contributed by atoms with E-state index in [1.165, 1.54) is 19.1 Å². The molecule has 9 nitrogen and oxygen atoms in total. The van der Waals surface area contributed by atoms with Crippen LogP contribution < -0.4 is 11.1 Å². The molecule has 0 radical (unpaired) electrons. The van der Waals surface area contributed by atoms with Crippen molar-refractivity contribution in [2.75, 3.05) is 19.7 Å². The zero-order chi connectivity index (χ0) is 20.7. The van der Waals surface area contributed by atoms with E-state index in [4.69, 9.17) is 15.7 Å². The number of likely N-dealkylation sites (tertiary alicyclic amines) is 1. The lowest BCUT2D eigenvalue weighted by molar-refractivity contribution is -0.136. The first-order valence-corrected chi connectivity index (χ1v) is 9.10. The second kappa shape index (κ2) is 9.84. The summed E-state index contributed by atoms with van der Waals surface area (Å²) in [5.41, 5.74) is 6.34. The van der Waals surface area contributed by atoms with E-state index in [9.17, 15) is 14.4 Å². The van der Waals surface area contributed by atoms with Crippen LogP contribution in [0.5, 0.6) is 0 Å². The van der Waals surface area contributed by atoms with E-state index in [0.29, 0.717) is 37.1 Å². The lowest BCUT2D eigenvalue weighted by atomic mass is 10.1. The van der Waals surface area contributed by atoms with E-state index in [2.05, 4.69) is 10.5 Å². The number of amides is 2. The summed E-state index contributed by atoms with van der Waals surface area (Å²) >= 11 is 0. The average Bonchev–Trinajstić information content (AvgIpc) is 2.71. The van der Waals surface area contributed by atoms with Gasteiger partial charge in [0.2, 0.25) is 5.91 Å². The van der Waals surface area contributed by atoms with Crippen molar-refractivity contribution in [1.82, 2.24) is 10.2 Å². The second-order valence-corrected chi connectivity index (χ2v) is 6.80. The lowest BCUT2D eigenvalue weighted by Gasteiger charge is -2.33. The Balaban J connectivity index is 1.85. The van der Waals surface area contributed by atoms with Crippen LogP contribution in [0.4, 0.5) is 0 Å². The van der Waals surface area contributed by atoms with Gasteiger partial charge in [-0.15, -0.1) is 0 Å². The van der Waals surface area contributed by atoms with E-state index in [1.54, 1.807) is 24.0 Å². The molecule has 1 aliphatic rings. The van der Waals surface area contributed by atoms with Crippen LogP contribution in [0.25, 0.3) is 0 Å². The molecule has 4 N–H and O–H groups in total. The number of nitrogens with zero attached hydrogens (tertiary/aromatic N) is 2. The minimum atomic E-state index is -0.675. The number of Topliss-reactive ketones (excluding diaryl/α,β-unsaturated/α-hetero) is 1. The smallest absolute Gasteiger partial charge is 0.251 e. The fourth-order valence-corrected chi connectivity index (χ4v) is 2.94. The third-order valence-corrected chi connectivity index (χ3v) is 4.54. The maximum absolute atomic E-state index is 12.6. The highest BCUT2D eigenvalue weighted by molar-refractivity contribution is 6.00. The van der Waals surface area contributed by atoms with Crippen LogP contribution in [0.1, 0.15) is 42.6 Å². The molecule has 1 aromatic carbocycles. The highest BCUT2D eigenvalue weighted by atomic mass is 16.5. The van der Waals surface area contributed by atoms with Crippen LogP contribution in [-0.4, -0.2) is 65.4 Å². The van der Waals surface area contributed by atoms with Crippen molar-refractivity contribution in [2.45, 2.75) is 38.8 Å². The number of carbonyl (C=O) groups excluding carboxylic acids is 3. The molecule has 28 heavy (non-hydrogen) atoms. The molecule has 152 valence electrons. The van der Waals surface area contributed by atoms with Crippen LogP contribution in [0, 0.1) is 0 Å². The molecule has 9 heteroatoms. The first-order valence-electron chi connectivity index (χ1n) is 9.10. The minimum absolute atomic E-state index is 0.0193. The second-order valence-electron chi connectivity index (χ2n) is 6.80. The van der Waals surface area contributed by atoms with Crippen molar-refractivity contribution in [2.24, 2.45) is 10.9 Å².